The summed E-state index contributed by atoms with van der Waals surface area (Å²) < 4.78 is 34.0. The average molecular weight is 314 g/mol. The highest BCUT2D eigenvalue weighted by atomic mass is 32.2. The third-order valence-electron chi connectivity index (χ3n) is 2.99. The summed E-state index contributed by atoms with van der Waals surface area (Å²) in [5.41, 5.74) is 0.665. The minimum absolute atomic E-state index is 0.0225. The molecule has 4 nitrogen and oxygen atoms in total. The van der Waals surface area contributed by atoms with Gasteiger partial charge in [-0.1, -0.05) is 17.8 Å². The van der Waals surface area contributed by atoms with Crippen molar-refractivity contribution in [2.45, 2.75) is 24.1 Å². The largest absolute Gasteiger partial charge is 0.390 e. The number of thioether (sulfide) groups is 1. The Labute approximate surface area is 125 Å². The van der Waals surface area contributed by atoms with Crippen LogP contribution in [-0.4, -0.2) is 28.4 Å². The van der Waals surface area contributed by atoms with Crippen LogP contribution in [0, 0.1) is 11.6 Å². The van der Waals surface area contributed by atoms with E-state index >= 15 is 0 Å². The maximum absolute atomic E-state index is 13.6. The molecule has 0 saturated carbocycles. The standard InChI is InChI=1S/C14H16F2N2O2S/c1-20-6-5-18-10(8-19)7-17-14(18)21-9-11-12(15)3-2-4-13(11)16/h2-4,7,19H,5-6,8-9H2,1H3. The van der Waals surface area contributed by atoms with E-state index in [4.69, 9.17) is 4.74 Å². The molecule has 0 fully saturated rings. The van der Waals surface area contributed by atoms with Gasteiger partial charge in [0.25, 0.3) is 0 Å². The number of halogens is 2. The molecule has 1 heterocycles. The topological polar surface area (TPSA) is 47.3 Å². The predicted octanol–water partition coefficient (Wildman–Crippen LogP) is 2.59. The Hall–Kier alpha value is -1.44. The summed E-state index contributed by atoms with van der Waals surface area (Å²) in [6.07, 6.45) is 1.55. The number of aromatic nitrogens is 2. The molecule has 0 unspecified atom stereocenters. The van der Waals surface area contributed by atoms with E-state index < -0.39 is 11.6 Å². The summed E-state index contributed by atoms with van der Waals surface area (Å²) in [6, 6.07) is 3.80. The van der Waals surface area contributed by atoms with Crippen LogP contribution in [0.1, 0.15) is 11.3 Å². The van der Waals surface area contributed by atoms with Gasteiger partial charge < -0.3 is 14.4 Å². The molecular formula is C14H16F2N2O2S. The second-order valence-corrected chi connectivity index (χ2v) is 5.27. The van der Waals surface area contributed by atoms with Gasteiger partial charge in [-0.3, -0.25) is 0 Å². The molecule has 0 amide bonds. The summed E-state index contributed by atoms with van der Waals surface area (Å²) in [4.78, 5) is 4.18. The van der Waals surface area contributed by atoms with Gasteiger partial charge in [-0.2, -0.15) is 0 Å². The fourth-order valence-electron chi connectivity index (χ4n) is 1.86. The van der Waals surface area contributed by atoms with E-state index in [1.165, 1.54) is 30.0 Å². The number of rotatable bonds is 7. The molecule has 1 aromatic heterocycles. The number of benzene rings is 1. The Morgan fingerprint density at radius 1 is 1.33 bits per heavy atom. The number of hydrogen-bond donors (Lipinski definition) is 1. The fraction of sp³-hybridized carbons (Fsp3) is 0.357. The first kappa shape index (κ1) is 15.9. The van der Waals surface area contributed by atoms with Crippen LogP contribution < -0.4 is 0 Å². The normalized spacial score (nSPS) is 11.0. The van der Waals surface area contributed by atoms with Crippen LogP contribution in [0.3, 0.4) is 0 Å². The fourth-order valence-corrected chi connectivity index (χ4v) is 2.90. The van der Waals surface area contributed by atoms with Gasteiger partial charge in [-0.15, -0.1) is 0 Å². The molecule has 7 heteroatoms. The quantitative estimate of drug-likeness (QED) is 0.798. The molecule has 0 bridgehead atoms. The van der Waals surface area contributed by atoms with Gasteiger partial charge in [0, 0.05) is 25.0 Å². The number of methoxy groups -OCH3 is 1. The van der Waals surface area contributed by atoms with Gasteiger partial charge in [0.1, 0.15) is 11.6 Å². The zero-order valence-electron chi connectivity index (χ0n) is 11.6. The number of imidazole rings is 1. The molecule has 2 aromatic rings. The Bertz CT molecular complexity index is 584. The number of aliphatic hydroxyl groups excluding tert-OH is 1. The lowest BCUT2D eigenvalue weighted by Gasteiger charge is -2.10. The number of ether oxygens (including phenoxy) is 1. The molecule has 1 N–H and O–H groups in total. The average Bonchev–Trinajstić information content (AvgIpc) is 2.86. The Balaban J connectivity index is 2.14. The van der Waals surface area contributed by atoms with E-state index in [0.29, 0.717) is 24.0 Å². The minimum Gasteiger partial charge on any atom is -0.390 e. The maximum atomic E-state index is 13.6. The van der Waals surface area contributed by atoms with Crippen LogP contribution in [0.2, 0.25) is 0 Å². The molecule has 114 valence electrons. The summed E-state index contributed by atoms with van der Waals surface area (Å²) in [6.45, 7) is 0.838. The van der Waals surface area contributed by atoms with Crippen LogP contribution >= 0.6 is 11.8 Å². The summed E-state index contributed by atoms with van der Waals surface area (Å²) in [5, 5.41) is 9.87. The van der Waals surface area contributed by atoms with E-state index in [2.05, 4.69) is 4.98 Å². The van der Waals surface area contributed by atoms with Crippen molar-refractivity contribution in [3.63, 3.8) is 0 Å². The number of aliphatic hydroxyl groups is 1. The van der Waals surface area contributed by atoms with Crippen molar-refractivity contribution >= 4 is 11.8 Å². The van der Waals surface area contributed by atoms with Gasteiger partial charge in [0.15, 0.2) is 5.16 Å². The van der Waals surface area contributed by atoms with Crippen molar-refractivity contribution in [1.82, 2.24) is 9.55 Å². The molecular weight excluding hydrogens is 298 g/mol. The highest BCUT2D eigenvalue weighted by molar-refractivity contribution is 7.98. The van der Waals surface area contributed by atoms with Gasteiger partial charge in [-0.05, 0) is 12.1 Å². The molecule has 0 aliphatic heterocycles. The SMILES string of the molecule is COCCn1c(CO)cnc1SCc1c(F)cccc1F. The molecule has 1 aromatic carbocycles. The highest BCUT2D eigenvalue weighted by Crippen LogP contribution is 2.25. The molecule has 0 aliphatic carbocycles. The van der Waals surface area contributed by atoms with Crippen molar-refractivity contribution in [2.24, 2.45) is 0 Å². The smallest absolute Gasteiger partial charge is 0.168 e. The second-order valence-electron chi connectivity index (χ2n) is 4.32. The van der Waals surface area contributed by atoms with E-state index in [0.717, 1.165) is 0 Å². The van der Waals surface area contributed by atoms with Crippen molar-refractivity contribution in [2.75, 3.05) is 13.7 Å². The summed E-state index contributed by atoms with van der Waals surface area (Å²) in [5.74, 6) is -1.01. The molecule has 0 spiro atoms. The molecule has 0 aliphatic rings. The maximum Gasteiger partial charge on any atom is 0.168 e. The van der Waals surface area contributed by atoms with Crippen molar-refractivity contribution < 1.29 is 18.6 Å². The first-order chi connectivity index (χ1) is 10.2. The van der Waals surface area contributed by atoms with Crippen molar-refractivity contribution in [1.29, 1.82) is 0 Å². The number of nitrogens with zero attached hydrogens (tertiary/aromatic N) is 2. The lowest BCUT2D eigenvalue weighted by molar-refractivity contribution is 0.180. The first-order valence-corrected chi connectivity index (χ1v) is 7.35. The van der Waals surface area contributed by atoms with Crippen LogP contribution in [0.5, 0.6) is 0 Å². The highest BCUT2D eigenvalue weighted by Gasteiger charge is 2.13. The molecule has 21 heavy (non-hydrogen) atoms. The van der Waals surface area contributed by atoms with E-state index in [1.807, 2.05) is 0 Å². The Morgan fingerprint density at radius 3 is 2.67 bits per heavy atom. The predicted molar refractivity (Wildman–Crippen MR) is 75.9 cm³/mol. The summed E-state index contributed by atoms with van der Waals surface area (Å²) >= 11 is 1.22. The molecule has 0 atom stereocenters. The lowest BCUT2D eigenvalue weighted by Crippen LogP contribution is -2.09. The zero-order valence-corrected chi connectivity index (χ0v) is 12.4. The number of hydrogen-bond acceptors (Lipinski definition) is 4. The van der Waals surface area contributed by atoms with Crippen LogP contribution in [0.15, 0.2) is 29.6 Å². The van der Waals surface area contributed by atoms with Crippen molar-refractivity contribution in [3.05, 3.63) is 47.3 Å². The monoisotopic (exact) mass is 314 g/mol. The van der Waals surface area contributed by atoms with Crippen molar-refractivity contribution in [3.8, 4) is 0 Å². The van der Waals surface area contributed by atoms with Crippen LogP contribution in [0.4, 0.5) is 8.78 Å². The molecule has 0 saturated heterocycles. The van der Waals surface area contributed by atoms with Gasteiger partial charge in [0.05, 0.1) is 25.1 Å². The Kier molecular flexibility index (Phi) is 5.72. The van der Waals surface area contributed by atoms with Gasteiger partial charge in [-0.25, -0.2) is 13.8 Å². The Morgan fingerprint density at radius 2 is 2.05 bits per heavy atom. The second kappa shape index (κ2) is 7.53. The van der Waals surface area contributed by atoms with E-state index in [-0.39, 0.29) is 17.9 Å². The molecule has 0 radical (unpaired) electrons. The first-order valence-electron chi connectivity index (χ1n) is 6.37. The van der Waals surface area contributed by atoms with Crippen LogP contribution in [-0.2, 0) is 23.6 Å². The zero-order chi connectivity index (χ0) is 15.2. The third-order valence-corrected chi connectivity index (χ3v) is 4.01. The van der Waals surface area contributed by atoms with E-state index in [1.54, 1.807) is 17.9 Å². The van der Waals surface area contributed by atoms with E-state index in [9.17, 15) is 13.9 Å². The van der Waals surface area contributed by atoms with Crippen LogP contribution in [0.25, 0.3) is 0 Å². The summed E-state index contributed by atoms with van der Waals surface area (Å²) in [7, 11) is 1.58. The van der Waals surface area contributed by atoms with Gasteiger partial charge >= 0.3 is 0 Å². The lowest BCUT2D eigenvalue weighted by atomic mass is 10.2. The minimum atomic E-state index is -0.570. The molecule has 2 rings (SSSR count). The van der Waals surface area contributed by atoms with Gasteiger partial charge in [0.2, 0.25) is 0 Å². The third kappa shape index (κ3) is 3.81.